The molecule has 0 aromatic heterocycles. The van der Waals surface area contributed by atoms with Crippen molar-refractivity contribution in [3.05, 3.63) is 117 Å². The van der Waals surface area contributed by atoms with E-state index in [1.54, 1.807) is 17.0 Å². The third-order valence-electron chi connectivity index (χ3n) is 11.3. The number of hydrogen-bond donors (Lipinski definition) is 0. The van der Waals surface area contributed by atoms with Crippen LogP contribution in [-0.4, -0.2) is 92.0 Å². The highest BCUT2D eigenvalue weighted by molar-refractivity contribution is 6.31. The fraction of sp³-hybridized carbons (Fsp3) is 0.349. The second kappa shape index (κ2) is 16.0. The molecule has 0 atom stereocenters. The van der Waals surface area contributed by atoms with E-state index in [-0.39, 0.29) is 16.5 Å². The fourth-order valence-corrected chi connectivity index (χ4v) is 8.50. The second-order valence-corrected chi connectivity index (χ2v) is 15.7. The molecule has 284 valence electrons. The van der Waals surface area contributed by atoms with Crippen LogP contribution in [0.15, 0.2) is 91.0 Å². The monoisotopic (exact) mass is 778 g/mol. The van der Waals surface area contributed by atoms with E-state index in [1.165, 1.54) is 22.5 Å². The summed E-state index contributed by atoms with van der Waals surface area (Å²) in [7, 11) is 0. The maximum Gasteiger partial charge on any atom is 0.293 e. The van der Waals surface area contributed by atoms with E-state index in [0.29, 0.717) is 54.3 Å². The van der Waals surface area contributed by atoms with Crippen molar-refractivity contribution in [3.63, 3.8) is 0 Å². The van der Waals surface area contributed by atoms with Gasteiger partial charge in [-0.2, -0.15) is 0 Å². The van der Waals surface area contributed by atoms with Gasteiger partial charge in [0.05, 0.1) is 4.92 Å². The molecule has 0 radical (unpaired) electrons. The van der Waals surface area contributed by atoms with Crippen LogP contribution in [0.25, 0.3) is 21.5 Å². The van der Waals surface area contributed by atoms with Crippen molar-refractivity contribution in [3.8, 4) is 0 Å². The van der Waals surface area contributed by atoms with Crippen molar-refractivity contribution in [2.75, 3.05) is 80.1 Å². The molecule has 1 saturated carbocycles. The predicted molar refractivity (Wildman–Crippen MR) is 222 cm³/mol. The molecule has 2 amide bonds. The largest absolute Gasteiger partial charge is 0.367 e. The van der Waals surface area contributed by atoms with Crippen LogP contribution < -0.4 is 14.7 Å². The number of nitro groups is 1. The number of nitrogens with zero attached hydrogens (tertiary/aromatic N) is 6. The molecule has 3 saturated heterocycles. The maximum absolute atomic E-state index is 13.2. The Labute approximate surface area is 330 Å². The Balaban J connectivity index is 0.000000168. The SMILES string of the molecule is O=C(C1CC1)N1CCN(c2cccc3cc(Cl)ccc23)CC1.O=C(c1ccc(N2CCCC2)c([N+](=O)[O-])c1)N1CCN(c2cccc3cc(Cl)ccc23)CC1. The third-order valence-corrected chi connectivity index (χ3v) is 11.7. The number of amides is 2. The zero-order chi connectivity index (χ0) is 38.1. The van der Waals surface area contributed by atoms with Crippen LogP contribution in [0.3, 0.4) is 0 Å². The van der Waals surface area contributed by atoms with E-state index in [1.807, 2.05) is 52.3 Å². The van der Waals surface area contributed by atoms with Gasteiger partial charge in [-0.05, 0) is 85.0 Å². The van der Waals surface area contributed by atoms with E-state index in [9.17, 15) is 19.7 Å². The molecule has 5 aromatic rings. The van der Waals surface area contributed by atoms with E-state index < -0.39 is 0 Å². The summed E-state index contributed by atoms with van der Waals surface area (Å²) in [6.45, 7) is 7.61. The number of nitro benzene ring substituents is 1. The van der Waals surface area contributed by atoms with Gasteiger partial charge < -0.3 is 24.5 Å². The Morgan fingerprint density at radius 2 is 1.09 bits per heavy atom. The molecule has 4 aliphatic rings. The molecule has 9 rings (SSSR count). The van der Waals surface area contributed by atoms with Gasteiger partial charge in [-0.15, -0.1) is 0 Å². The minimum Gasteiger partial charge on any atom is -0.367 e. The molecule has 3 aliphatic heterocycles. The van der Waals surface area contributed by atoms with Gasteiger partial charge in [0.25, 0.3) is 11.6 Å². The van der Waals surface area contributed by atoms with E-state index >= 15 is 0 Å². The topological polar surface area (TPSA) is 93.5 Å². The van der Waals surface area contributed by atoms with Crippen LogP contribution in [0.5, 0.6) is 0 Å². The number of anilines is 3. The first-order chi connectivity index (χ1) is 26.7. The van der Waals surface area contributed by atoms with Gasteiger partial charge in [0.1, 0.15) is 5.69 Å². The van der Waals surface area contributed by atoms with Crippen molar-refractivity contribution < 1.29 is 14.5 Å². The summed E-state index contributed by atoms with van der Waals surface area (Å²) in [5.74, 6) is 0.533. The molecule has 10 nitrogen and oxygen atoms in total. The molecule has 12 heteroatoms. The number of carbonyl (C=O) groups excluding carboxylic acids is 2. The lowest BCUT2D eigenvalue weighted by atomic mass is 10.1. The minimum atomic E-state index is -0.380. The molecule has 0 N–H and O–H groups in total. The molecule has 0 bridgehead atoms. The van der Waals surface area contributed by atoms with Gasteiger partial charge >= 0.3 is 0 Å². The number of benzene rings is 5. The van der Waals surface area contributed by atoms with Gasteiger partial charge in [-0.25, -0.2) is 0 Å². The molecular weight excluding hydrogens is 735 g/mol. The van der Waals surface area contributed by atoms with Crippen LogP contribution in [0.2, 0.25) is 10.0 Å². The van der Waals surface area contributed by atoms with Crippen molar-refractivity contribution >= 4 is 79.3 Å². The summed E-state index contributed by atoms with van der Waals surface area (Å²) >= 11 is 12.2. The van der Waals surface area contributed by atoms with Gasteiger partial charge in [0, 0.05) is 115 Å². The van der Waals surface area contributed by atoms with Gasteiger partial charge in [-0.3, -0.25) is 19.7 Å². The fourth-order valence-electron chi connectivity index (χ4n) is 8.14. The van der Waals surface area contributed by atoms with Crippen molar-refractivity contribution in [1.82, 2.24) is 9.80 Å². The minimum absolute atomic E-state index is 0.0100. The van der Waals surface area contributed by atoms with Crippen molar-refractivity contribution in [1.29, 1.82) is 0 Å². The Morgan fingerprint density at radius 3 is 1.60 bits per heavy atom. The molecular formula is C43H44Cl2N6O4. The number of piperazine rings is 2. The maximum atomic E-state index is 13.2. The number of halogens is 2. The number of fused-ring (bicyclic) bond motifs is 2. The second-order valence-electron chi connectivity index (χ2n) is 14.8. The highest BCUT2D eigenvalue weighted by Gasteiger charge is 2.35. The summed E-state index contributed by atoms with van der Waals surface area (Å²) in [4.78, 5) is 47.1. The number of rotatable bonds is 6. The normalized spacial score (nSPS) is 17.4. The van der Waals surface area contributed by atoms with Crippen LogP contribution >= 0.6 is 23.2 Å². The quantitative estimate of drug-likeness (QED) is 0.126. The van der Waals surface area contributed by atoms with Crippen LogP contribution in [0.4, 0.5) is 22.7 Å². The highest BCUT2D eigenvalue weighted by atomic mass is 35.5. The summed E-state index contributed by atoms with van der Waals surface area (Å²) < 4.78 is 0. The van der Waals surface area contributed by atoms with Crippen molar-refractivity contribution in [2.24, 2.45) is 5.92 Å². The molecule has 0 spiro atoms. The number of carbonyl (C=O) groups is 2. The average molecular weight is 780 g/mol. The predicted octanol–water partition coefficient (Wildman–Crippen LogP) is 8.52. The molecule has 0 unspecified atom stereocenters. The molecule has 55 heavy (non-hydrogen) atoms. The Kier molecular flexibility index (Phi) is 10.7. The lowest BCUT2D eigenvalue weighted by Crippen LogP contribution is -2.49. The van der Waals surface area contributed by atoms with Gasteiger partial charge in [-0.1, -0.05) is 59.6 Å². The first-order valence-corrected chi connectivity index (χ1v) is 20.0. The third kappa shape index (κ3) is 8.02. The highest BCUT2D eigenvalue weighted by Crippen LogP contribution is 2.35. The van der Waals surface area contributed by atoms with Gasteiger partial charge in [0.15, 0.2) is 0 Å². The molecule has 1 aliphatic carbocycles. The molecule has 3 heterocycles. The Bertz CT molecular complexity index is 2240. The van der Waals surface area contributed by atoms with Crippen LogP contribution in [0.1, 0.15) is 36.0 Å². The first-order valence-electron chi connectivity index (χ1n) is 19.2. The summed E-state index contributed by atoms with van der Waals surface area (Å²) in [5.41, 5.74) is 3.36. The molecule has 4 fully saturated rings. The lowest BCUT2D eigenvalue weighted by Gasteiger charge is -2.36. The first kappa shape index (κ1) is 36.9. The van der Waals surface area contributed by atoms with Crippen LogP contribution in [0, 0.1) is 16.0 Å². The summed E-state index contributed by atoms with van der Waals surface area (Å²) in [6, 6.07) is 29.3. The zero-order valence-corrected chi connectivity index (χ0v) is 32.2. The van der Waals surface area contributed by atoms with Crippen molar-refractivity contribution in [2.45, 2.75) is 25.7 Å². The standard InChI is InChI=1S/C25H25ClN4O3.C18H19ClN2O/c26-20-7-8-21-18(16-20)4-3-5-22(21)28-12-14-29(15-13-28)25(31)19-6-9-23(24(17-19)30(32)33)27-10-1-2-11-27;19-15-6-7-16-14(12-15)2-1-3-17(16)20-8-10-21(11-9-20)18(22)13-4-5-13/h3-9,16-17H,1-2,10-15H2;1-3,6-7,12-13H,4-5,8-11H2. The Morgan fingerprint density at radius 1 is 0.582 bits per heavy atom. The summed E-state index contributed by atoms with van der Waals surface area (Å²) in [5, 5.41) is 17.8. The smallest absolute Gasteiger partial charge is 0.293 e. The summed E-state index contributed by atoms with van der Waals surface area (Å²) in [6.07, 6.45) is 4.24. The zero-order valence-electron chi connectivity index (χ0n) is 30.7. The Hall–Kier alpha value is -5.06. The molecule has 5 aromatic carbocycles. The lowest BCUT2D eigenvalue weighted by molar-refractivity contribution is -0.384. The average Bonchev–Trinajstić information content (AvgIpc) is 3.92. The van der Waals surface area contributed by atoms with E-state index in [0.717, 1.165) is 86.4 Å². The van der Waals surface area contributed by atoms with Crippen LogP contribution in [-0.2, 0) is 4.79 Å². The number of hydrogen-bond acceptors (Lipinski definition) is 7. The van der Waals surface area contributed by atoms with Gasteiger partial charge in [0.2, 0.25) is 5.91 Å². The van der Waals surface area contributed by atoms with E-state index in [2.05, 4.69) is 40.1 Å². The van der Waals surface area contributed by atoms with E-state index in [4.69, 9.17) is 23.2 Å².